The minimum Gasteiger partial charge on any atom is -0.338 e. The second kappa shape index (κ2) is 7.40. The Morgan fingerprint density at radius 3 is 2.80 bits per heavy atom. The van der Waals surface area contributed by atoms with Crippen LogP contribution in [-0.4, -0.2) is 16.7 Å². The molecule has 1 heterocycles. The van der Waals surface area contributed by atoms with Gasteiger partial charge in [0.25, 0.3) is 0 Å². The van der Waals surface area contributed by atoms with Crippen LogP contribution in [0.2, 0.25) is 0 Å². The number of rotatable bonds is 7. The first-order chi connectivity index (χ1) is 9.69. The molecule has 20 heavy (non-hydrogen) atoms. The summed E-state index contributed by atoms with van der Waals surface area (Å²) in [6.07, 6.45) is 1.06. The van der Waals surface area contributed by atoms with Gasteiger partial charge in [-0.1, -0.05) is 12.1 Å². The zero-order chi connectivity index (χ0) is 14.4. The number of nitrogens with zero attached hydrogens (tertiary/aromatic N) is 2. The van der Waals surface area contributed by atoms with E-state index in [2.05, 4.69) is 22.4 Å². The van der Waals surface area contributed by atoms with Crippen molar-refractivity contribution < 1.29 is 8.91 Å². The monoisotopic (exact) mass is 295 g/mol. The van der Waals surface area contributed by atoms with E-state index in [0.29, 0.717) is 17.5 Å². The highest BCUT2D eigenvalue weighted by Crippen LogP contribution is 2.22. The van der Waals surface area contributed by atoms with E-state index in [1.807, 2.05) is 6.92 Å². The van der Waals surface area contributed by atoms with Crippen LogP contribution in [0.25, 0.3) is 0 Å². The number of benzene rings is 1. The van der Waals surface area contributed by atoms with Crippen LogP contribution in [-0.2, 0) is 5.75 Å². The van der Waals surface area contributed by atoms with Gasteiger partial charge in [-0.25, -0.2) is 4.39 Å². The summed E-state index contributed by atoms with van der Waals surface area (Å²) in [6, 6.07) is 6.44. The SMILES string of the molecule is CCCNC(C)c1nc(CSc2ccc(F)cc2)no1. The van der Waals surface area contributed by atoms with Gasteiger partial charge in [-0.05, 0) is 44.2 Å². The van der Waals surface area contributed by atoms with E-state index in [9.17, 15) is 4.39 Å². The van der Waals surface area contributed by atoms with Crippen LogP contribution in [0.15, 0.2) is 33.7 Å². The first-order valence-corrected chi connectivity index (χ1v) is 7.62. The highest BCUT2D eigenvalue weighted by atomic mass is 32.2. The van der Waals surface area contributed by atoms with E-state index < -0.39 is 0 Å². The Hall–Kier alpha value is -1.40. The highest BCUT2D eigenvalue weighted by molar-refractivity contribution is 7.98. The average molecular weight is 295 g/mol. The van der Waals surface area contributed by atoms with Gasteiger partial charge in [0.2, 0.25) is 5.89 Å². The molecule has 0 fully saturated rings. The maximum Gasteiger partial charge on any atom is 0.243 e. The van der Waals surface area contributed by atoms with Gasteiger partial charge >= 0.3 is 0 Å². The number of thioether (sulfide) groups is 1. The van der Waals surface area contributed by atoms with Crippen LogP contribution in [0.4, 0.5) is 4.39 Å². The summed E-state index contributed by atoms with van der Waals surface area (Å²) >= 11 is 1.55. The van der Waals surface area contributed by atoms with Gasteiger partial charge in [0.05, 0.1) is 11.8 Å². The van der Waals surface area contributed by atoms with Crippen LogP contribution < -0.4 is 5.32 Å². The Kier molecular flexibility index (Phi) is 5.55. The molecule has 0 saturated carbocycles. The fourth-order valence-electron chi connectivity index (χ4n) is 1.63. The van der Waals surface area contributed by atoms with Gasteiger partial charge in [0.1, 0.15) is 5.82 Å². The van der Waals surface area contributed by atoms with E-state index in [1.165, 1.54) is 12.1 Å². The Labute approximate surface area is 122 Å². The number of hydrogen-bond donors (Lipinski definition) is 1. The van der Waals surface area contributed by atoms with Crippen molar-refractivity contribution in [2.75, 3.05) is 6.54 Å². The van der Waals surface area contributed by atoms with Gasteiger partial charge in [-0.2, -0.15) is 4.98 Å². The molecule has 2 aromatic rings. The molecule has 108 valence electrons. The van der Waals surface area contributed by atoms with E-state index in [-0.39, 0.29) is 11.9 Å². The lowest BCUT2D eigenvalue weighted by Gasteiger charge is -2.06. The third-order valence-electron chi connectivity index (χ3n) is 2.74. The summed E-state index contributed by atoms with van der Waals surface area (Å²) in [4.78, 5) is 5.34. The fraction of sp³-hybridized carbons (Fsp3) is 0.429. The van der Waals surface area contributed by atoms with Crippen molar-refractivity contribution in [3.63, 3.8) is 0 Å². The van der Waals surface area contributed by atoms with E-state index in [0.717, 1.165) is 17.9 Å². The fourth-order valence-corrected chi connectivity index (χ4v) is 2.37. The van der Waals surface area contributed by atoms with Crippen LogP contribution in [0, 0.1) is 5.82 Å². The van der Waals surface area contributed by atoms with Crippen molar-refractivity contribution in [3.05, 3.63) is 41.8 Å². The molecule has 0 radical (unpaired) electrons. The molecule has 0 aliphatic heterocycles. The Morgan fingerprint density at radius 1 is 1.35 bits per heavy atom. The first kappa shape index (κ1) is 15.0. The third-order valence-corrected chi connectivity index (χ3v) is 3.74. The standard InChI is InChI=1S/C14H18FN3OS/c1-3-8-16-10(2)14-17-13(18-19-14)9-20-12-6-4-11(15)5-7-12/h4-7,10,16H,3,8-9H2,1-2H3. The van der Waals surface area contributed by atoms with Crippen molar-refractivity contribution >= 4 is 11.8 Å². The molecule has 1 N–H and O–H groups in total. The summed E-state index contributed by atoms with van der Waals surface area (Å²) in [5, 5.41) is 7.25. The predicted octanol–water partition coefficient (Wildman–Crippen LogP) is 3.56. The first-order valence-electron chi connectivity index (χ1n) is 6.63. The van der Waals surface area contributed by atoms with Crippen LogP contribution >= 0.6 is 11.8 Å². The second-order valence-corrected chi connectivity index (χ2v) is 5.52. The molecular weight excluding hydrogens is 277 g/mol. The maximum atomic E-state index is 12.8. The lowest BCUT2D eigenvalue weighted by molar-refractivity contribution is 0.337. The maximum absolute atomic E-state index is 12.8. The molecule has 0 aliphatic carbocycles. The summed E-state index contributed by atoms with van der Waals surface area (Å²) in [6.45, 7) is 5.03. The van der Waals surface area contributed by atoms with E-state index in [4.69, 9.17) is 4.52 Å². The number of halogens is 1. The number of nitrogens with one attached hydrogen (secondary N) is 1. The highest BCUT2D eigenvalue weighted by Gasteiger charge is 2.13. The Morgan fingerprint density at radius 2 is 2.10 bits per heavy atom. The lowest BCUT2D eigenvalue weighted by atomic mass is 10.3. The van der Waals surface area contributed by atoms with Gasteiger partial charge in [0, 0.05) is 4.90 Å². The molecular formula is C14H18FN3OS. The molecule has 0 spiro atoms. The van der Waals surface area contributed by atoms with E-state index in [1.54, 1.807) is 23.9 Å². The number of hydrogen-bond acceptors (Lipinski definition) is 5. The zero-order valence-corrected chi connectivity index (χ0v) is 12.4. The van der Waals surface area contributed by atoms with Crippen molar-refractivity contribution in [1.82, 2.24) is 15.5 Å². The molecule has 0 saturated heterocycles. The largest absolute Gasteiger partial charge is 0.338 e. The second-order valence-electron chi connectivity index (χ2n) is 4.47. The third kappa shape index (κ3) is 4.31. The topological polar surface area (TPSA) is 51.0 Å². The van der Waals surface area contributed by atoms with Crippen molar-refractivity contribution in [2.24, 2.45) is 0 Å². The molecule has 1 aromatic heterocycles. The van der Waals surface area contributed by atoms with Crippen molar-refractivity contribution in [2.45, 2.75) is 37.0 Å². The van der Waals surface area contributed by atoms with Gasteiger partial charge in [0.15, 0.2) is 5.82 Å². The molecule has 1 unspecified atom stereocenters. The molecule has 0 bridgehead atoms. The quantitative estimate of drug-likeness (QED) is 0.791. The molecule has 0 amide bonds. The summed E-state index contributed by atoms with van der Waals surface area (Å²) in [5.41, 5.74) is 0. The molecule has 2 rings (SSSR count). The normalized spacial score (nSPS) is 12.6. The smallest absolute Gasteiger partial charge is 0.243 e. The Balaban J connectivity index is 1.87. The summed E-state index contributed by atoms with van der Waals surface area (Å²) < 4.78 is 18.0. The minimum atomic E-state index is -0.230. The lowest BCUT2D eigenvalue weighted by Crippen LogP contribution is -2.19. The summed E-state index contributed by atoms with van der Waals surface area (Å²) in [5.74, 6) is 1.63. The Bertz CT molecular complexity index is 529. The van der Waals surface area contributed by atoms with Crippen molar-refractivity contribution in [3.8, 4) is 0 Å². The molecule has 4 nitrogen and oxygen atoms in total. The molecule has 0 aliphatic rings. The number of aromatic nitrogens is 2. The van der Waals surface area contributed by atoms with Crippen LogP contribution in [0.3, 0.4) is 0 Å². The van der Waals surface area contributed by atoms with Gasteiger partial charge in [-0.15, -0.1) is 11.8 Å². The summed E-state index contributed by atoms with van der Waals surface area (Å²) in [7, 11) is 0. The van der Waals surface area contributed by atoms with Crippen LogP contribution in [0.1, 0.15) is 38.0 Å². The minimum absolute atomic E-state index is 0.0621. The van der Waals surface area contributed by atoms with Gasteiger partial charge in [-0.3, -0.25) is 0 Å². The molecule has 1 aromatic carbocycles. The zero-order valence-electron chi connectivity index (χ0n) is 11.6. The van der Waals surface area contributed by atoms with E-state index >= 15 is 0 Å². The molecule has 1 atom stereocenters. The van der Waals surface area contributed by atoms with Gasteiger partial charge < -0.3 is 9.84 Å². The van der Waals surface area contributed by atoms with Crippen LogP contribution in [0.5, 0.6) is 0 Å². The predicted molar refractivity (Wildman–Crippen MR) is 77.0 cm³/mol. The van der Waals surface area contributed by atoms with Crippen molar-refractivity contribution in [1.29, 1.82) is 0 Å². The molecule has 6 heteroatoms. The average Bonchev–Trinajstić information content (AvgIpc) is 2.93.